The van der Waals surface area contributed by atoms with E-state index in [0.29, 0.717) is 5.15 Å². The maximum Gasteiger partial charge on any atom is 0.135 e. The molecule has 0 fully saturated rings. The molecule has 1 heterocycles. The van der Waals surface area contributed by atoms with Gasteiger partial charge in [-0.15, -0.1) is 0 Å². The third-order valence-corrected chi connectivity index (χ3v) is 2.50. The zero-order valence-electron chi connectivity index (χ0n) is 9.07. The van der Waals surface area contributed by atoms with Gasteiger partial charge in [0.15, 0.2) is 0 Å². The van der Waals surface area contributed by atoms with Crippen LogP contribution in [0.25, 0.3) is 11.1 Å². The van der Waals surface area contributed by atoms with E-state index in [1.54, 1.807) is 0 Å². The Labute approximate surface area is 100 Å². The van der Waals surface area contributed by atoms with E-state index >= 15 is 0 Å². The van der Waals surface area contributed by atoms with Crippen molar-refractivity contribution in [3.63, 3.8) is 0 Å². The molecule has 0 saturated carbocycles. The summed E-state index contributed by atoms with van der Waals surface area (Å²) in [4.78, 5) is 4.29. The largest absolute Gasteiger partial charge is 0.370 e. The minimum Gasteiger partial charge on any atom is -0.370 e. The third kappa shape index (κ3) is 2.34. The molecule has 0 unspecified atom stereocenters. The third-order valence-electron chi connectivity index (χ3n) is 2.29. The summed E-state index contributed by atoms with van der Waals surface area (Å²) in [6.07, 6.45) is 0. The smallest absolute Gasteiger partial charge is 0.135 e. The summed E-state index contributed by atoms with van der Waals surface area (Å²) >= 11 is 5.89. The molecule has 0 aliphatic rings. The molecule has 3 heteroatoms. The van der Waals surface area contributed by atoms with Crippen LogP contribution in [0.4, 0.5) is 5.82 Å². The van der Waals surface area contributed by atoms with Crippen LogP contribution in [-0.4, -0.2) is 11.5 Å². The molecule has 0 radical (unpaired) electrons. The van der Waals surface area contributed by atoms with Gasteiger partial charge in [-0.25, -0.2) is 4.98 Å². The second-order valence-corrected chi connectivity index (χ2v) is 3.81. The first-order chi connectivity index (χ1) is 7.81. The minimum atomic E-state index is 0.510. The van der Waals surface area contributed by atoms with Crippen molar-refractivity contribution in [3.05, 3.63) is 47.6 Å². The van der Waals surface area contributed by atoms with E-state index in [4.69, 9.17) is 11.6 Å². The van der Waals surface area contributed by atoms with Gasteiger partial charge in [-0.3, -0.25) is 0 Å². The van der Waals surface area contributed by atoms with Crippen molar-refractivity contribution in [3.8, 4) is 11.1 Å². The molecule has 82 valence electrons. The highest BCUT2D eigenvalue weighted by Crippen LogP contribution is 2.27. The van der Waals surface area contributed by atoms with E-state index in [-0.39, 0.29) is 0 Å². The first-order valence-electron chi connectivity index (χ1n) is 5.27. The lowest BCUT2D eigenvalue weighted by Gasteiger charge is -2.09. The Balaban J connectivity index is 2.48. The van der Waals surface area contributed by atoms with Gasteiger partial charge >= 0.3 is 0 Å². The van der Waals surface area contributed by atoms with Crippen molar-refractivity contribution in [1.82, 2.24) is 4.98 Å². The zero-order chi connectivity index (χ0) is 11.4. The quantitative estimate of drug-likeness (QED) is 0.814. The fourth-order valence-corrected chi connectivity index (χ4v) is 1.74. The summed E-state index contributed by atoms with van der Waals surface area (Å²) in [5.41, 5.74) is 2.22. The van der Waals surface area contributed by atoms with Crippen LogP contribution >= 0.6 is 11.6 Å². The van der Waals surface area contributed by atoms with Crippen LogP contribution in [0.1, 0.15) is 6.92 Å². The molecular weight excluding hydrogens is 220 g/mol. The molecule has 1 N–H and O–H groups in total. The molecule has 0 spiro atoms. The number of halogens is 1. The van der Waals surface area contributed by atoms with E-state index in [9.17, 15) is 0 Å². The van der Waals surface area contributed by atoms with Crippen LogP contribution in [0.5, 0.6) is 0 Å². The van der Waals surface area contributed by atoms with Gasteiger partial charge in [-0.2, -0.15) is 0 Å². The second-order valence-electron chi connectivity index (χ2n) is 3.43. The van der Waals surface area contributed by atoms with Gasteiger partial charge in [-0.05, 0) is 24.6 Å². The van der Waals surface area contributed by atoms with Gasteiger partial charge in [0.05, 0.1) is 0 Å². The summed E-state index contributed by atoms with van der Waals surface area (Å²) in [6, 6.07) is 13.9. The van der Waals surface area contributed by atoms with E-state index in [1.807, 2.05) is 37.3 Å². The summed E-state index contributed by atoms with van der Waals surface area (Å²) in [7, 11) is 0. The average Bonchev–Trinajstić information content (AvgIpc) is 2.31. The summed E-state index contributed by atoms with van der Waals surface area (Å²) in [6.45, 7) is 2.87. The number of hydrogen-bond donors (Lipinski definition) is 1. The van der Waals surface area contributed by atoms with Crippen LogP contribution in [0.2, 0.25) is 5.15 Å². The normalized spacial score (nSPS) is 10.1. The van der Waals surface area contributed by atoms with Gasteiger partial charge in [0.25, 0.3) is 0 Å². The van der Waals surface area contributed by atoms with Gasteiger partial charge in [0, 0.05) is 12.1 Å². The average molecular weight is 233 g/mol. The van der Waals surface area contributed by atoms with Gasteiger partial charge in [0.1, 0.15) is 11.0 Å². The highest BCUT2D eigenvalue weighted by atomic mass is 35.5. The van der Waals surface area contributed by atoms with Crippen molar-refractivity contribution in [2.45, 2.75) is 6.92 Å². The van der Waals surface area contributed by atoms with E-state index in [0.717, 1.165) is 23.5 Å². The van der Waals surface area contributed by atoms with Crippen LogP contribution in [0.15, 0.2) is 42.5 Å². The van der Waals surface area contributed by atoms with Gasteiger partial charge < -0.3 is 5.32 Å². The number of nitrogens with one attached hydrogen (secondary N) is 1. The summed E-state index contributed by atoms with van der Waals surface area (Å²) < 4.78 is 0. The Morgan fingerprint density at radius 2 is 1.88 bits per heavy atom. The Hall–Kier alpha value is -1.54. The minimum absolute atomic E-state index is 0.510. The number of nitrogens with zero attached hydrogens (tertiary/aromatic N) is 1. The second kappa shape index (κ2) is 4.99. The Morgan fingerprint density at radius 1 is 1.12 bits per heavy atom. The predicted molar refractivity (Wildman–Crippen MR) is 68.8 cm³/mol. The van der Waals surface area contributed by atoms with Crippen LogP contribution < -0.4 is 5.32 Å². The number of rotatable bonds is 3. The fourth-order valence-electron chi connectivity index (χ4n) is 1.59. The van der Waals surface area contributed by atoms with E-state index in [2.05, 4.69) is 22.4 Å². The number of benzene rings is 1. The van der Waals surface area contributed by atoms with Gasteiger partial charge in [0.2, 0.25) is 0 Å². The number of anilines is 1. The Morgan fingerprint density at radius 3 is 2.56 bits per heavy atom. The number of hydrogen-bond acceptors (Lipinski definition) is 2. The van der Waals surface area contributed by atoms with Crippen molar-refractivity contribution in [2.24, 2.45) is 0 Å². The molecule has 2 aromatic rings. The van der Waals surface area contributed by atoms with Crippen LogP contribution in [0.3, 0.4) is 0 Å². The Bertz CT molecular complexity index is 469. The number of aromatic nitrogens is 1. The molecule has 0 saturated heterocycles. The Kier molecular flexibility index (Phi) is 3.42. The molecule has 0 aliphatic heterocycles. The first kappa shape index (κ1) is 11.0. The lowest BCUT2D eigenvalue weighted by atomic mass is 10.1. The lowest BCUT2D eigenvalue weighted by Crippen LogP contribution is -2.01. The molecule has 16 heavy (non-hydrogen) atoms. The van der Waals surface area contributed by atoms with Crippen molar-refractivity contribution >= 4 is 17.4 Å². The van der Waals surface area contributed by atoms with Crippen molar-refractivity contribution in [1.29, 1.82) is 0 Å². The fraction of sp³-hybridized carbons (Fsp3) is 0.154. The zero-order valence-corrected chi connectivity index (χ0v) is 9.83. The highest BCUT2D eigenvalue weighted by molar-refractivity contribution is 6.29. The molecule has 0 atom stereocenters. The predicted octanol–water partition coefficient (Wildman–Crippen LogP) is 3.83. The lowest BCUT2D eigenvalue weighted by molar-refractivity contribution is 1.16. The monoisotopic (exact) mass is 232 g/mol. The molecule has 1 aromatic heterocycles. The van der Waals surface area contributed by atoms with Crippen molar-refractivity contribution in [2.75, 3.05) is 11.9 Å². The van der Waals surface area contributed by atoms with Crippen LogP contribution in [-0.2, 0) is 0 Å². The molecule has 0 aliphatic carbocycles. The highest BCUT2D eigenvalue weighted by Gasteiger charge is 2.05. The maximum atomic E-state index is 5.89. The first-order valence-corrected chi connectivity index (χ1v) is 5.65. The van der Waals surface area contributed by atoms with E-state index < -0.39 is 0 Å². The summed E-state index contributed by atoms with van der Waals surface area (Å²) in [5.74, 6) is 0.834. The molecule has 1 aromatic carbocycles. The molecule has 0 amide bonds. The van der Waals surface area contributed by atoms with Crippen LogP contribution in [0, 0.1) is 0 Å². The molecular formula is C13H13ClN2. The molecule has 2 rings (SSSR count). The van der Waals surface area contributed by atoms with Crippen molar-refractivity contribution < 1.29 is 0 Å². The summed E-state index contributed by atoms with van der Waals surface area (Å²) in [5, 5.41) is 3.73. The van der Waals surface area contributed by atoms with E-state index in [1.165, 1.54) is 0 Å². The van der Waals surface area contributed by atoms with Gasteiger partial charge in [-0.1, -0.05) is 41.9 Å². The molecule has 2 nitrogen and oxygen atoms in total. The standard InChI is InChI=1S/C13H13ClN2/c1-2-15-13-11(8-9-12(14)16-13)10-6-4-3-5-7-10/h3-9H,2H2,1H3,(H,15,16). The molecule has 0 bridgehead atoms. The SMILES string of the molecule is CCNc1nc(Cl)ccc1-c1ccccc1. The topological polar surface area (TPSA) is 24.9 Å². The maximum absolute atomic E-state index is 5.89. The number of pyridine rings is 1.